The first-order valence-corrected chi connectivity index (χ1v) is 14.9. The second-order valence-electron chi connectivity index (χ2n) is 10.7. The fourth-order valence-electron chi connectivity index (χ4n) is 4.75. The molecule has 0 bridgehead atoms. The topological polar surface area (TPSA) is 196 Å². The molecule has 0 radical (unpaired) electrons. The smallest absolute Gasteiger partial charge is 0.305 e. The van der Waals surface area contributed by atoms with Gasteiger partial charge < -0.3 is 54.7 Å². The van der Waals surface area contributed by atoms with E-state index in [-0.39, 0.29) is 6.42 Å². The van der Waals surface area contributed by atoms with Crippen molar-refractivity contribution in [3.8, 4) is 0 Å². The molecule has 0 aliphatic carbocycles. The Labute approximate surface area is 247 Å². The van der Waals surface area contributed by atoms with E-state index < -0.39 is 80.6 Å². The highest BCUT2D eigenvalue weighted by molar-refractivity contribution is 5.69. The average molecular weight is 603 g/mol. The minimum Gasteiger partial charge on any atom is -0.463 e. The van der Waals surface area contributed by atoms with Crippen molar-refractivity contribution >= 4 is 5.97 Å². The van der Waals surface area contributed by atoms with E-state index in [9.17, 15) is 40.5 Å². The van der Waals surface area contributed by atoms with Gasteiger partial charge in [0.15, 0.2) is 6.29 Å². The van der Waals surface area contributed by atoms with Crippen LogP contribution in [0.5, 0.6) is 0 Å². The standard InChI is InChI=1S/C30H50O12/c1-2-3-4-5-6-7-8-9-10-11-12-13-14-15-16-17-23(33)39-19-22-25(35)28(38)30(20-32,41-22)42-29-27(37)26(36)24(34)21(18-31)40-29/h3-4,6-7,9-10,21-22,24-29,31-32,34-38H,2,5,8,11-20H2,1H3/b4-3-,7-6-,10-9-/t21-,22-,24-,25-,26+,27-,28+,29-,30+/m1/s1. The van der Waals surface area contributed by atoms with E-state index in [1.807, 2.05) is 0 Å². The summed E-state index contributed by atoms with van der Waals surface area (Å²) in [5.41, 5.74) is 0. The number of carbonyl (C=O) groups excluding carboxylic acids is 1. The van der Waals surface area contributed by atoms with Gasteiger partial charge in [0, 0.05) is 6.42 Å². The fourth-order valence-corrected chi connectivity index (χ4v) is 4.75. The van der Waals surface area contributed by atoms with E-state index >= 15 is 0 Å². The molecule has 242 valence electrons. The summed E-state index contributed by atoms with van der Waals surface area (Å²) in [4.78, 5) is 12.2. The van der Waals surface area contributed by atoms with Crippen LogP contribution in [0.1, 0.15) is 71.1 Å². The zero-order valence-electron chi connectivity index (χ0n) is 24.4. The second-order valence-corrected chi connectivity index (χ2v) is 10.7. The molecule has 42 heavy (non-hydrogen) atoms. The van der Waals surface area contributed by atoms with Crippen molar-refractivity contribution in [3.05, 3.63) is 36.5 Å². The Morgan fingerprint density at radius 3 is 2.10 bits per heavy atom. The van der Waals surface area contributed by atoms with Gasteiger partial charge in [-0.2, -0.15) is 0 Å². The van der Waals surface area contributed by atoms with Gasteiger partial charge in [-0.25, -0.2) is 0 Å². The summed E-state index contributed by atoms with van der Waals surface area (Å²) in [5, 5.41) is 70.4. The number of ether oxygens (including phenoxy) is 4. The molecule has 0 amide bonds. The first kappa shape index (κ1) is 36.5. The third-order valence-electron chi connectivity index (χ3n) is 7.33. The number of hydrogen-bond donors (Lipinski definition) is 7. The maximum absolute atomic E-state index is 12.2. The molecule has 2 aliphatic rings. The molecular formula is C30H50O12. The van der Waals surface area contributed by atoms with Crippen molar-refractivity contribution < 1.29 is 59.5 Å². The highest BCUT2D eigenvalue weighted by atomic mass is 16.8. The number of aliphatic hydroxyl groups excluding tert-OH is 7. The summed E-state index contributed by atoms with van der Waals surface area (Å²) < 4.78 is 21.4. The van der Waals surface area contributed by atoms with E-state index in [1.165, 1.54) is 0 Å². The van der Waals surface area contributed by atoms with Crippen LogP contribution in [0.2, 0.25) is 0 Å². The molecule has 9 atom stereocenters. The number of hydrogen-bond acceptors (Lipinski definition) is 12. The molecule has 0 aromatic carbocycles. The molecule has 0 aromatic rings. The SMILES string of the molecule is CC/C=C\C/C=C\C/C=C\CCCCCCCC(=O)OC[C@H]1O[C@@](CO)(O[C@H]2O[C@H](CO)[C@@H](O)[C@H](O)[C@H]2O)[C@@H](O)[C@@H]1O. The number of aliphatic hydroxyl groups is 7. The maximum Gasteiger partial charge on any atom is 0.305 e. The van der Waals surface area contributed by atoms with E-state index in [0.29, 0.717) is 6.42 Å². The minimum absolute atomic E-state index is 0.178. The van der Waals surface area contributed by atoms with Gasteiger partial charge in [-0.1, -0.05) is 62.6 Å². The van der Waals surface area contributed by atoms with E-state index in [4.69, 9.17) is 18.9 Å². The van der Waals surface area contributed by atoms with Gasteiger partial charge in [0.25, 0.3) is 0 Å². The first-order valence-electron chi connectivity index (χ1n) is 14.9. The lowest BCUT2D eigenvalue weighted by Crippen LogP contribution is -2.62. The maximum atomic E-state index is 12.2. The van der Waals surface area contributed by atoms with Crippen LogP contribution in [0.15, 0.2) is 36.5 Å². The highest BCUT2D eigenvalue weighted by Gasteiger charge is 2.58. The molecule has 0 unspecified atom stereocenters. The molecule has 7 N–H and O–H groups in total. The van der Waals surface area contributed by atoms with Crippen LogP contribution in [-0.2, 0) is 23.7 Å². The van der Waals surface area contributed by atoms with E-state index in [0.717, 1.165) is 51.4 Å². The normalized spacial score (nSPS) is 33.8. The molecule has 12 nitrogen and oxygen atoms in total. The Hall–Kier alpha value is -1.71. The Morgan fingerprint density at radius 1 is 0.786 bits per heavy atom. The van der Waals surface area contributed by atoms with Crippen LogP contribution in [0.25, 0.3) is 0 Å². The number of carbonyl (C=O) groups is 1. The lowest BCUT2D eigenvalue weighted by atomic mass is 9.99. The third kappa shape index (κ3) is 11.1. The van der Waals surface area contributed by atoms with Gasteiger partial charge in [0.05, 0.1) is 6.61 Å². The molecule has 2 fully saturated rings. The summed E-state index contributed by atoms with van der Waals surface area (Å²) in [6.07, 6.45) is 8.89. The van der Waals surface area contributed by atoms with Crippen molar-refractivity contribution in [1.29, 1.82) is 0 Å². The second kappa shape index (κ2) is 19.5. The summed E-state index contributed by atoms with van der Waals surface area (Å²) in [5.74, 6) is -2.79. The van der Waals surface area contributed by atoms with Crippen LogP contribution in [0.3, 0.4) is 0 Å². The number of allylic oxidation sites excluding steroid dienone is 6. The van der Waals surface area contributed by atoms with E-state index in [1.54, 1.807) is 0 Å². The predicted octanol–water partition coefficient (Wildman–Crippen LogP) is 0.745. The Kier molecular flexibility index (Phi) is 17.0. The van der Waals surface area contributed by atoms with Gasteiger partial charge in [-0.3, -0.25) is 4.79 Å². The molecule has 2 saturated heterocycles. The molecule has 2 aliphatic heterocycles. The number of rotatable bonds is 19. The van der Waals surface area contributed by atoms with Crippen LogP contribution in [0, 0.1) is 0 Å². The first-order chi connectivity index (χ1) is 20.2. The monoisotopic (exact) mass is 602 g/mol. The predicted molar refractivity (Wildman–Crippen MR) is 152 cm³/mol. The van der Waals surface area contributed by atoms with Gasteiger partial charge in [0.1, 0.15) is 55.9 Å². The number of esters is 1. The van der Waals surface area contributed by atoms with Crippen LogP contribution >= 0.6 is 0 Å². The summed E-state index contributed by atoms with van der Waals surface area (Å²) in [7, 11) is 0. The van der Waals surface area contributed by atoms with Gasteiger partial charge in [0.2, 0.25) is 5.79 Å². The Balaban J connectivity index is 1.65. The summed E-state index contributed by atoms with van der Waals surface area (Å²) in [6, 6.07) is 0. The lowest BCUT2D eigenvalue weighted by Gasteiger charge is -2.43. The molecule has 2 rings (SSSR count). The molecule has 0 spiro atoms. The summed E-state index contributed by atoms with van der Waals surface area (Å²) in [6.45, 7) is -0.00901. The van der Waals surface area contributed by atoms with Crippen molar-refractivity contribution in [2.45, 2.75) is 126 Å². The van der Waals surface area contributed by atoms with Crippen molar-refractivity contribution in [2.75, 3.05) is 19.8 Å². The molecule has 2 heterocycles. The third-order valence-corrected chi connectivity index (χ3v) is 7.33. The van der Waals surface area contributed by atoms with Gasteiger partial charge in [-0.05, 0) is 38.5 Å². The minimum atomic E-state index is -2.29. The molecule has 12 heteroatoms. The van der Waals surface area contributed by atoms with Crippen molar-refractivity contribution in [3.63, 3.8) is 0 Å². The summed E-state index contributed by atoms with van der Waals surface area (Å²) >= 11 is 0. The fraction of sp³-hybridized carbons (Fsp3) is 0.767. The molecule has 0 aromatic heterocycles. The lowest BCUT2D eigenvalue weighted by molar-refractivity contribution is -0.383. The highest BCUT2D eigenvalue weighted by Crippen LogP contribution is 2.36. The Morgan fingerprint density at radius 2 is 1.43 bits per heavy atom. The largest absolute Gasteiger partial charge is 0.463 e. The van der Waals surface area contributed by atoms with Crippen molar-refractivity contribution in [2.24, 2.45) is 0 Å². The van der Waals surface area contributed by atoms with Gasteiger partial charge in [-0.15, -0.1) is 0 Å². The zero-order chi connectivity index (χ0) is 31.0. The number of unbranched alkanes of at least 4 members (excludes halogenated alkanes) is 5. The Bertz CT molecular complexity index is 846. The van der Waals surface area contributed by atoms with Gasteiger partial charge >= 0.3 is 5.97 Å². The van der Waals surface area contributed by atoms with Crippen LogP contribution in [0.4, 0.5) is 0 Å². The van der Waals surface area contributed by atoms with Crippen LogP contribution < -0.4 is 0 Å². The van der Waals surface area contributed by atoms with Crippen LogP contribution in [-0.4, -0.2) is 116 Å². The zero-order valence-corrected chi connectivity index (χ0v) is 24.4. The molecular weight excluding hydrogens is 552 g/mol. The van der Waals surface area contributed by atoms with E-state index in [2.05, 4.69) is 43.4 Å². The quantitative estimate of drug-likeness (QED) is 0.0623. The molecule has 0 saturated carbocycles. The average Bonchev–Trinajstić information content (AvgIpc) is 3.23. The van der Waals surface area contributed by atoms with Crippen molar-refractivity contribution in [1.82, 2.24) is 0 Å².